The number of nitrogen functional groups attached to an aromatic ring is 1. The minimum Gasteiger partial charge on any atom is -0.398 e. The molecule has 2 rings (SSSR count). The standard InChI is InChI=1S/C11H15ClN2O3S2/c12-8-1-2-11(10(13)7-8)19(16,17)14-9-3-5-18(15)6-4-9/h1-2,7,9,14H,3-6,13H2. The maximum atomic E-state index is 12.2. The highest BCUT2D eigenvalue weighted by atomic mass is 35.5. The van der Waals surface area contributed by atoms with Crippen LogP contribution in [0, 0.1) is 0 Å². The van der Waals surface area contributed by atoms with Gasteiger partial charge >= 0.3 is 0 Å². The molecule has 1 heterocycles. The molecule has 5 nitrogen and oxygen atoms in total. The molecule has 19 heavy (non-hydrogen) atoms. The molecule has 1 aliphatic heterocycles. The van der Waals surface area contributed by atoms with E-state index in [-0.39, 0.29) is 16.6 Å². The Kier molecular flexibility index (Phi) is 4.50. The van der Waals surface area contributed by atoms with E-state index in [1.807, 2.05) is 0 Å². The van der Waals surface area contributed by atoms with E-state index in [1.54, 1.807) is 0 Å². The molecule has 0 aromatic heterocycles. The topological polar surface area (TPSA) is 89.3 Å². The second-order valence-electron chi connectivity index (χ2n) is 4.43. The van der Waals surface area contributed by atoms with Gasteiger partial charge in [0.25, 0.3) is 0 Å². The summed E-state index contributed by atoms with van der Waals surface area (Å²) in [7, 11) is -4.48. The summed E-state index contributed by atoms with van der Waals surface area (Å²) in [6.45, 7) is 0. The van der Waals surface area contributed by atoms with Gasteiger partial charge in [0.05, 0.1) is 5.69 Å². The molecule has 0 unspecified atom stereocenters. The van der Waals surface area contributed by atoms with E-state index in [0.29, 0.717) is 29.4 Å². The SMILES string of the molecule is Nc1cc(Cl)ccc1S(=O)(=O)NC1CCS(=O)CC1. The quantitative estimate of drug-likeness (QED) is 0.816. The summed E-state index contributed by atoms with van der Waals surface area (Å²) in [5, 5.41) is 0.393. The van der Waals surface area contributed by atoms with Gasteiger partial charge in [0.2, 0.25) is 10.0 Å². The number of hydrogen-bond acceptors (Lipinski definition) is 4. The average Bonchev–Trinajstić information content (AvgIpc) is 2.31. The highest BCUT2D eigenvalue weighted by Gasteiger charge is 2.25. The van der Waals surface area contributed by atoms with Crippen molar-refractivity contribution in [2.24, 2.45) is 0 Å². The molecule has 0 radical (unpaired) electrons. The number of nitrogens with two attached hydrogens (primary N) is 1. The van der Waals surface area contributed by atoms with Crippen LogP contribution in [0.4, 0.5) is 5.69 Å². The van der Waals surface area contributed by atoms with E-state index in [1.165, 1.54) is 18.2 Å². The van der Waals surface area contributed by atoms with Crippen molar-refractivity contribution < 1.29 is 12.6 Å². The van der Waals surface area contributed by atoms with E-state index in [0.717, 1.165) is 0 Å². The first-order valence-corrected chi connectivity index (χ1v) is 9.16. The molecule has 0 saturated carbocycles. The van der Waals surface area contributed by atoms with Crippen molar-refractivity contribution in [1.82, 2.24) is 4.72 Å². The summed E-state index contributed by atoms with van der Waals surface area (Å²) in [6, 6.07) is 4.10. The van der Waals surface area contributed by atoms with E-state index in [9.17, 15) is 12.6 Å². The highest BCUT2D eigenvalue weighted by molar-refractivity contribution is 7.89. The number of sulfonamides is 1. The first-order chi connectivity index (χ1) is 8.88. The molecular formula is C11H15ClN2O3S2. The van der Waals surface area contributed by atoms with Crippen LogP contribution in [-0.4, -0.2) is 30.2 Å². The van der Waals surface area contributed by atoms with Gasteiger partial charge in [-0.2, -0.15) is 0 Å². The predicted molar refractivity (Wildman–Crippen MR) is 77.1 cm³/mol. The summed E-state index contributed by atoms with van der Waals surface area (Å²) in [4.78, 5) is 0.0311. The lowest BCUT2D eigenvalue weighted by Gasteiger charge is -2.22. The van der Waals surface area contributed by atoms with Crippen LogP contribution in [-0.2, 0) is 20.8 Å². The number of rotatable bonds is 3. The first kappa shape index (κ1) is 14.8. The van der Waals surface area contributed by atoms with Gasteiger partial charge in [-0.3, -0.25) is 4.21 Å². The number of hydrogen-bond donors (Lipinski definition) is 2. The van der Waals surface area contributed by atoms with Crippen molar-refractivity contribution in [2.45, 2.75) is 23.8 Å². The smallest absolute Gasteiger partial charge is 0.242 e. The summed E-state index contributed by atoms with van der Waals surface area (Å²) in [5.74, 6) is 1.06. The molecule has 0 amide bonds. The summed E-state index contributed by atoms with van der Waals surface area (Å²) in [6.07, 6.45) is 1.17. The van der Waals surface area contributed by atoms with Crippen LogP contribution in [0.25, 0.3) is 0 Å². The Bertz CT molecular complexity index is 594. The molecule has 1 aliphatic rings. The Morgan fingerprint density at radius 1 is 1.32 bits per heavy atom. The number of nitrogens with one attached hydrogen (secondary N) is 1. The predicted octanol–water partition coefficient (Wildman–Crippen LogP) is 1.11. The Morgan fingerprint density at radius 2 is 1.95 bits per heavy atom. The second kappa shape index (κ2) is 5.78. The zero-order valence-corrected chi connectivity index (χ0v) is 12.5. The fraction of sp³-hybridized carbons (Fsp3) is 0.455. The fourth-order valence-electron chi connectivity index (χ4n) is 1.96. The minimum atomic E-state index is -3.66. The average molecular weight is 323 g/mol. The Labute approximate surface area is 120 Å². The van der Waals surface area contributed by atoms with E-state index < -0.39 is 20.8 Å². The van der Waals surface area contributed by atoms with Crippen LogP contribution in [0.5, 0.6) is 0 Å². The lowest BCUT2D eigenvalue weighted by molar-refractivity contribution is 0.522. The molecule has 1 fully saturated rings. The Balaban J connectivity index is 2.16. The molecule has 106 valence electrons. The van der Waals surface area contributed by atoms with Crippen LogP contribution in [0.1, 0.15) is 12.8 Å². The van der Waals surface area contributed by atoms with Gasteiger partial charge in [-0.05, 0) is 31.0 Å². The van der Waals surface area contributed by atoms with Gasteiger partial charge in [-0.1, -0.05) is 11.6 Å². The van der Waals surface area contributed by atoms with Crippen molar-refractivity contribution in [3.63, 3.8) is 0 Å². The van der Waals surface area contributed by atoms with Crippen molar-refractivity contribution in [3.05, 3.63) is 23.2 Å². The molecule has 0 spiro atoms. The van der Waals surface area contributed by atoms with Crippen LogP contribution in [0.3, 0.4) is 0 Å². The van der Waals surface area contributed by atoms with Gasteiger partial charge in [0.15, 0.2) is 0 Å². The summed E-state index contributed by atoms with van der Waals surface area (Å²) < 4.78 is 38.3. The summed E-state index contributed by atoms with van der Waals surface area (Å²) >= 11 is 5.75. The monoisotopic (exact) mass is 322 g/mol. The number of halogens is 1. The molecule has 3 N–H and O–H groups in total. The molecule has 0 aliphatic carbocycles. The number of benzene rings is 1. The van der Waals surface area contributed by atoms with Crippen molar-refractivity contribution in [3.8, 4) is 0 Å². The Morgan fingerprint density at radius 3 is 2.53 bits per heavy atom. The third-order valence-corrected chi connectivity index (χ3v) is 6.18. The van der Waals surface area contributed by atoms with E-state index in [2.05, 4.69) is 4.72 Å². The molecular weight excluding hydrogens is 308 g/mol. The van der Waals surface area contributed by atoms with Gasteiger partial charge in [0.1, 0.15) is 4.90 Å². The Hall–Kier alpha value is -0.630. The lowest BCUT2D eigenvalue weighted by atomic mass is 10.2. The van der Waals surface area contributed by atoms with Crippen molar-refractivity contribution in [2.75, 3.05) is 17.2 Å². The lowest BCUT2D eigenvalue weighted by Crippen LogP contribution is -2.39. The largest absolute Gasteiger partial charge is 0.398 e. The third kappa shape index (κ3) is 3.68. The van der Waals surface area contributed by atoms with Crippen molar-refractivity contribution in [1.29, 1.82) is 0 Å². The molecule has 0 atom stereocenters. The van der Waals surface area contributed by atoms with Crippen LogP contribution in [0.15, 0.2) is 23.1 Å². The van der Waals surface area contributed by atoms with Gasteiger partial charge in [0, 0.05) is 33.4 Å². The van der Waals surface area contributed by atoms with Gasteiger partial charge in [-0.25, -0.2) is 13.1 Å². The molecule has 8 heteroatoms. The molecule has 1 saturated heterocycles. The van der Waals surface area contributed by atoms with Gasteiger partial charge in [-0.15, -0.1) is 0 Å². The van der Waals surface area contributed by atoms with E-state index >= 15 is 0 Å². The fourth-order valence-corrected chi connectivity index (χ4v) is 4.86. The molecule has 1 aromatic carbocycles. The zero-order chi connectivity index (χ0) is 14.0. The van der Waals surface area contributed by atoms with Gasteiger partial charge < -0.3 is 5.73 Å². The van der Waals surface area contributed by atoms with Crippen LogP contribution >= 0.6 is 11.6 Å². The van der Waals surface area contributed by atoms with Crippen LogP contribution in [0.2, 0.25) is 5.02 Å². The zero-order valence-electron chi connectivity index (χ0n) is 10.1. The molecule has 0 bridgehead atoms. The number of anilines is 1. The molecule has 1 aromatic rings. The minimum absolute atomic E-state index is 0.0311. The van der Waals surface area contributed by atoms with Crippen molar-refractivity contribution >= 4 is 38.1 Å². The third-order valence-electron chi connectivity index (χ3n) is 2.97. The van der Waals surface area contributed by atoms with E-state index in [4.69, 9.17) is 17.3 Å². The second-order valence-corrected chi connectivity index (χ2v) is 8.24. The maximum Gasteiger partial charge on any atom is 0.242 e. The van der Waals surface area contributed by atoms with Crippen LogP contribution < -0.4 is 10.5 Å². The summed E-state index contributed by atoms with van der Waals surface area (Å²) in [5.41, 5.74) is 5.81. The normalized spacial score (nSPS) is 24.3. The maximum absolute atomic E-state index is 12.2. The first-order valence-electron chi connectivity index (χ1n) is 5.81. The highest BCUT2D eigenvalue weighted by Crippen LogP contribution is 2.23.